The first-order valence-electron chi connectivity index (χ1n) is 9.35. The predicted molar refractivity (Wildman–Crippen MR) is 110 cm³/mol. The summed E-state index contributed by atoms with van der Waals surface area (Å²) in [5.74, 6) is -0.247. The average molecular weight is 391 g/mol. The van der Waals surface area contributed by atoms with Gasteiger partial charge in [0, 0.05) is 31.3 Å². The van der Waals surface area contributed by atoms with Crippen molar-refractivity contribution in [3.8, 4) is 10.4 Å². The Bertz CT molecular complexity index is 953. The summed E-state index contributed by atoms with van der Waals surface area (Å²) in [6, 6.07) is 18.6. The number of benzene rings is 2. The molecule has 6 heteroatoms. The molecular formula is C22H21N3O2S. The van der Waals surface area contributed by atoms with Crippen LogP contribution in [-0.2, 0) is 11.2 Å². The summed E-state index contributed by atoms with van der Waals surface area (Å²) in [5, 5.41) is 2.96. The Kier molecular flexibility index (Phi) is 5.48. The minimum atomic E-state index is -0.567. The molecule has 1 N–H and O–H groups in total. The Balaban J connectivity index is 1.53. The number of hydrogen-bond acceptors (Lipinski definition) is 4. The van der Waals surface area contributed by atoms with E-state index in [0.29, 0.717) is 12.0 Å². The van der Waals surface area contributed by atoms with Gasteiger partial charge in [-0.3, -0.25) is 9.59 Å². The molecule has 2 heterocycles. The van der Waals surface area contributed by atoms with Crippen molar-refractivity contribution in [1.82, 2.24) is 14.6 Å². The number of nitrogens with zero attached hydrogens (tertiary/aromatic N) is 2. The lowest BCUT2D eigenvalue weighted by Gasteiger charge is -2.34. The van der Waals surface area contributed by atoms with Crippen LogP contribution in [-0.4, -0.2) is 40.2 Å². The minimum absolute atomic E-state index is 0.0120. The zero-order valence-electron chi connectivity index (χ0n) is 15.4. The first-order chi connectivity index (χ1) is 13.7. The number of amides is 2. The molecule has 0 bridgehead atoms. The largest absolute Gasteiger partial charge is 0.341 e. The molecular weight excluding hydrogens is 370 g/mol. The maximum atomic E-state index is 12.9. The van der Waals surface area contributed by atoms with Gasteiger partial charge in [0.25, 0.3) is 5.91 Å². The Morgan fingerprint density at radius 2 is 1.89 bits per heavy atom. The van der Waals surface area contributed by atoms with Crippen LogP contribution in [0, 0.1) is 0 Å². The minimum Gasteiger partial charge on any atom is -0.341 e. The van der Waals surface area contributed by atoms with Crippen molar-refractivity contribution < 1.29 is 9.59 Å². The molecule has 2 aromatic carbocycles. The van der Waals surface area contributed by atoms with Gasteiger partial charge in [0.1, 0.15) is 6.04 Å². The number of carbonyl (C=O) groups excluding carboxylic acids is 2. The van der Waals surface area contributed by atoms with Crippen LogP contribution in [0.5, 0.6) is 0 Å². The SMILES string of the molecule is O=C(N[C@@H](Cc1ccccc1)C(=O)N1CCC1)c1cccc(-c2ccns2)c1. The molecule has 4 rings (SSSR count). The molecule has 2 amide bonds. The molecule has 1 atom stereocenters. The third kappa shape index (κ3) is 4.12. The van der Waals surface area contributed by atoms with E-state index in [4.69, 9.17) is 0 Å². The fraction of sp³-hybridized carbons (Fsp3) is 0.227. The van der Waals surface area contributed by atoms with Crippen LogP contribution >= 0.6 is 11.5 Å². The van der Waals surface area contributed by atoms with Crippen molar-refractivity contribution in [1.29, 1.82) is 0 Å². The van der Waals surface area contributed by atoms with Crippen LogP contribution in [0.1, 0.15) is 22.3 Å². The van der Waals surface area contributed by atoms with E-state index in [1.54, 1.807) is 12.3 Å². The number of nitrogens with one attached hydrogen (secondary N) is 1. The van der Waals surface area contributed by atoms with Crippen LogP contribution in [0.25, 0.3) is 10.4 Å². The van der Waals surface area contributed by atoms with E-state index in [-0.39, 0.29) is 11.8 Å². The summed E-state index contributed by atoms with van der Waals surface area (Å²) in [6.45, 7) is 1.53. The Morgan fingerprint density at radius 1 is 1.07 bits per heavy atom. The summed E-state index contributed by atoms with van der Waals surface area (Å²) in [6.07, 6.45) is 3.25. The number of rotatable bonds is 6. The van der Waals surface area contributed by atoms with Crippen molar-refractivity contribution in [2.75, 3.05) is 13.1 Å². The fourth-order valence-corrected chi connectivity index (χ4v) is 3.82. The highest BCUT2D eigenvalue weighted by atomic mass is 32.1. The molecule has 142 valence electrons. The highest BCUT2D eigenvalue weighted by Crippen LogP contribution is 2.23. The van der Waals surface area contributed by atoms with Crippen molar-refractivity contribution in [3.05, 3.63) is 78.0 Å². The van der Waals surface area contributed by atoms with Crippen LogP contribution in [0.4, 0.5) is 0 Å². The van der Waals surface area contributed by atoms with Crippen molar-refractivity contribution in [2.45, 2.75) is 18.9 Å². The van der Waals surface area contributed by atoms with Gasteiger partial charge in [-0.05, 0) is 47.3 Å². The summed E-state index contributed by atoms with van der Waals surface area (Å²) in [7, 11) is 0. The van der Waals surface area contributed by atoms with E-state index < -0.39 is 6.04 Å². The normalized spacial score (nSPS) is 14.2. The molecule has 1 saturated heterocycles. The molecule has 0 saturated carbocycles. The van der Waals surface area contributed by atoms with E-state index in [9.17, 15) is 9.59 Å². The number of likely N-dealkylation sites (tertiary alicyclic amines) is 1. The molecule has 1 aromatic heterocycles. The van der Waals surface area contributed by atoms with E-state index in [2.05, 4.69) is 9.69 Å². The third-order valence-corrected chi connectivity index (χ3v) is 5.70. The van der Waals surface area contributed by atoms with Gasteiger partial charge < -0.3 is 10.2 Å². The molecule has 0 aliphatic carbocycles. The molecule has 1 aliphatic rings. The molecule has 3 aromatic rings. The number of hydrogen-bond donors (Lipinski definition) is 1. The molecule has 28 heavy (non-hydrogen) atoms. The van der Waals surface area contributed by atoms with Gasteiger partial charge >= 0.3 is 0 Å². The Morgan fingerprint density at radius 3 is 2.57 bits per heavy atom. The van der Waals surface area contributed by atoms with E-state index in [1.807, 2.05) is 59.5 Å². The fourth-order valence-electron chi connectivity index (χ4n) is 3.23. The van der Waals surface area contributed by atoms with Crippen LogP contribution in [0.15, 0.2) is 66.9 Å². The summed E-state index contributed by atoms with van der Waals surface area (Å²) < 4.78 is 4.12. The summed E-state index contributed by atoms with van der Waals surface area (Å²) in [4.78, 5) is 28.6. The first-order valence-corrected chi connectivity index (χ1v) is 10.1. The van der Waals surface area contributed by atoms with E-state index in [1.165, 1.54) is 11.5 Å². The van der Waals surface area contributed by atoms with Gasteiger partial charge in [0.05, 0.1) is 4.88 Å². The van der Waals surface area contributed by atoms with Crippen LogP contribution < -0.4 is 5.32 Å². The van der Waals surface area contributed by atoms with Crippen molar-refractivity contribution >= 4 is 23.3 Å². The lowest BCUT2D eigenvalue weighted by molar-refractivity contribution is -0.136. The van der Waals surface area contributed by atoms with Gasteiger partial charge in [-0.2, -0.15) is 0 Å². The second kappa shape index (κ2) is 8.35. The lowest BCUT2D eigenvalue weighted by atomic mass is 10.0. The summed E-state index contributed by atoms with van der Waals surface area (Å²) >= 11 is 1.39. The van der Waals surface area contributed by atoms with Crippen molar-refractivity contribution in [2.24, 2.45) is 0 Å². The standard InChI is InChI=1S/C22H21N3O2S/c26-21(18-9-4-8-17(15-18)20-10-11-23-28-20)24-19(22(27)25-12-5-13-25)14-16-6-2-1-3-7-16/h1-4,6-11,15,19H,5,12-14H2,(H,24,26)/t19-/m0/s1. The second-order valence-corrected chi connectivity index (χ2v) is 7.69. The van der Waals surface area contributed by atoms with Crippen LogP contribution in [0.3, 0.4) is 0 Å². The van der Waals surface area contributed by atoms with E-state index in [0.717, 1.165) is 35.5 Å². The molecule has 0 radical (unpaired) electrons. The zero-order chi connectivity index (χ0) is 19.3. The van der Waals surface area contributed by atoms with E-state index >= 15 is 0 Å². The molecule has 0 unspecified atom stereocenters. The molecule has 0 spiro atoms. The van der Waals surface area contributed by atoms with Crippen molar-refractivity contribution in [3.63, 3.8) is 0 Å². The molecule has 1 aliphatic heterocycles. The maximum absolute atomic E-state index is 12.9. The Labute approximate surface area is 168 Å². The summed E-state index contributed by atoms with van der Waals surface area (Å²) in [5.41, 5.74) is 2.52. The highest BCUT2D eigenvalue weighted by molar-refractivity contribution is 7.09. The van der Waals surface area contributed by atoms with Crippen LogP contribution in [0.2, 0.25) is 0 Å². The lowest BCUT2D eigenvalue weighted by Crippen LogP contribution is -2.53. The first kappa shape index (κ1) is 18.4. The van der Waals surface area contributed by atoms with Gasteiger partial charge in [-0.15, -0.1) is 0 Å². The monoisotopic (exact) mass is 391 g/mol. The van der Waals surface area contributed by atoms with Gasteiger partial charge in [0.2, 0.25) is 5.91 Å². The molecule has 5 nitrogen and oxygen atoms in total. The topological polar surface area (TPSA) is 62.3 Å². The zero-order valence-corrected chi connectivity index (χ0v) is 16.2. The highest BCUT2D eigenvalue weighted by Gasteiger charge is 2.29. The van der Waals surface area contributed by atoms with Gasteiger partial charge in [-0.1, -0.05) is 42.5 Å². The average Bonchev–Trinajstić information content (AvgIpc) is 3.22. The second-order valence-electron chi connectivity index (χ2n) is 6.85. The maximum Gasteiger partial charge on any atom is 0.251 e. The smallest absolute Gasteiger partial charge is 0.251 e. The van der Waals surface area contributed by atoms with Gasteiger partial charge in [-0.25, -0.2) is 4.37 Å². The molecule has 1 fully saturated rings. The quantitative estimate of drug-likeness (QED) is 0.701. The number of aromatic nitrogens is 1. The number of carbonyl (C=O) groups is 2. The Hall–Kier alpha value is -2.99. The predicted octanol–water partition coefficient (Wildman–Crippen LogP) is 3.38. The van der Waals surface area contributed by atoms with Gasteiger partial charge in [0.15, 0.2) is 0 Å². The third-order valence-electron chi connectivity index (χ3n) is 4.90.